The van der Waals surface area contributed by atoms with Gasteiger partial charge in [0.2, 0.25) is 0 Å². The van der Waals surface area contributed by atoms with Crippen LogP contribution in [0.3, 0.4) is 0 Å². The van der Waals surface area contributed by atoms with Crippen molar-refractivity contribution in [3.8, 4) is 11.5 Å². The van der Waals surface area contributed by atoms with Crippen molar-refractivity contribution in [3.63, 3.8) is 0 Å². The fourth-order valence-corrected chi connectivity index (χ4v) is 3.41. The average molecular weight is 411 g/mol. The van der Waals surface area contributed by atoms with Crippen molar-refractivity contribution in [2.24, 2.45) is 0 Å². The molecule has 1 aromatic carbocycles. The molecule has 2 N–H and O–H groups in total. The highest BCUT2D eigenvalue weighted by Gasteiger charge is 2.18. The zero-order valence-corrected chi connectivity index (χ0v) is 17.1. The Morgan fingerprint density at radius 2 is 1.90 bits per heavy atom. The summed E-state index contributed by atoms with van der Waals surface area (Å²) in [5, 5.41) is 9.21. The SMILES string of the molecule is COc1cc(C(=O)NCc2ccnc(C)c2)cc(NC(=O)c2ccsc2)c1OC. The molecule has 0 saturated carbocycles. The summed E-state index contributed by atoms with van der Waals surface area (Å²) in [5.74, 6) is 0.0979. The van der Waals surface area contributed by atoms with Crippen LogP contribution in [0.5, 0.6) is 11.5 Å². The molecule has 7 nitrogen and oxygen atoms in total. The number of hydrogen-bond donors (Lipinski definition) is 2. The van der Waals surface area contributed by atoms with Crippen molar-refractivity contribution < 1.29 is 19.1 Å². The van der Waals surface area contributed by atoms with Crippen LogP contribution in [0.1, 0.15) is 32.0 Å². The molecule has 0 radical (unpaired) electrons. The van der Waals surface area contributed by atoms with Gasteiger partial charge in [-0.2, -0.15) is 11.3 Å². The minimum Gasteiger partial charge on any atom is -0.493 e. The predicted molar refractivity (Wildman–Crippen MR) is 112 cm³/mol. The Kier molecular flexibility index (Phi) is 6.46. The highest BCUT2D eigenvalue weighted by atomic mass is 32.1. The van der Waals surface area contributed by atoms with E-state index in [1.54, 1.807) is 29.8 Å². The molecule has 2 aromatic heterocycles. The van der Waals surface area contributed by atoms with Gasteiger partial charge in [0.05, 0.1) is 25.5 Å². The third-order valence-electron chi connectivity index (χ3n) is 4.19. The van der Waals surface area contributed by atoms with Gasteiger partial charge in [0.25, 0.3) is 11.8 Å². The lowest BCUT2D eigenvalue weighted by molar-refractivity contribution is 0.0949. The smallest absolute Gasteiger partial charge is 0.256 e. The predicted octanol–water partition coefficient (Wildman–Crippen LogP) is 3.65. The molecule has 8 heteroatoms. The van der Waals surface area contributed by atoms with Crippen molar-refractivity contribution in [2.75, 3.05) is 19.5 Å². The van der Waals surface area contributed by atoms with Crippen LogP contribution in [0.4, 0.5) is 5.69 Å². The normalized spacial score (nSPS) is 10.3. The second-order valence-electron chi connectivity index (χ2n) is 6.21. The molecule has 0 fully saturated rings. The number of rotatable bonds is 7. The van der Waals surface area contributed by atoms with E-state index in [-0.39, 0.29) is 11.8 Å². The van der Waals surface area contributed by atoms with E-state index in [1.807, 2.05) is 24.4 Å². The van der Waals surface area contributed by atoms with E-state index in [0.717, 1.165) is 11.3 Å². The Morgan fingerprint density at radius 3 is 2.55 bits per heavy atom. The first-order valence-electron chi connectivity index (χ1n) is 8.81. The van der Waals surface area contributed by atoms with E-state index in [9.17, 15) is 9.59 Å². The van der Waals surface area contributed by atoms with Crippen LogP contribution in [-0.4, -0.2) is 31.0 Å². The Morgan fingerprint density at radius 1 is 1.07 bits per heavy atom. The van der Waals surface area contributed by atoms with Crippen molar-refractivity contribution in [1.82, 2.24) is 10.3 Å². The molecule has 2 heterocycles. The molecule has 0 bridgehead atoms. The number of ether oxygens (including phenoxy) is 2. The fourth-order valence-electron chi connectivity index (χ4n) is 2.78. The van der Waals surface area contributed by atoms with Crippen LogP contribution in [0, 0.1) is 6.92 Å². The molecule has 3 rings (SSSR count). The van der Waals surface area contributed by atoms with Gasteiger partial charge in [-0.05, 0) is 48.2 Å². The summed E-state index contributed by atoms with van der Waals surface area (Å²) in [6, 6.07) is 8.61. The molecular formula is C21H21N3O4S. The van der Waals surface area contributed by atoms with Crippen LogP contribution in [0.2, 0.25) is 0 Å². The zero-order valence-electron chi connectivity index (χ0n) is 16.3. The lowest BCUT2D eigenvalue weighted by atomic mass is 10.1. The molecule has 0 spiro atoms. The van der Waals surface area contributed by atoms with Gasteiger partial charge in [0, 0.05) is 29.4 Å². The molecule has 0 atom stereocenters. The second-order valence-corrected chi connectivity index (χ2v) is 6.99. The van der Waals surface area contributed by atoms with Gasteiger partial charge in [-0.25, -0.2) is 0 Å². The lowest BCUT2D eigenvalue weighted by Gasteiger charge is -2.16. The second kappa shape index (κ2) is 9.20. The minimum atomic E-state index is -0.300. The maximum Gasteiger partial charge on any atom is 0.256 e. The zero-order chi connectivity index (χ0) is 20.8. The number of nitrogens with zero attached hydrogens (tertiary/aromatic N) is 1. The fraction of sp³-hybridized carbons (Fsp3) is 0.190. The number of anilines is 1. The monoisotopic (exact) mass is 411 g/mol. The van der Waals surface area contributed by atoms with Gasteiger partial charge in [-0.1, -0.05) is 0 Å². The lowest BCUT2D eigenvalue weighted by Crippen LogP contribution is -2.23. The number of nitrogens with one attached hydrogen (secondary N) is 2. The van der Waals surface area contributed by atoms with Crippen LogP contribution >= 0.6 is 11.3 Å². The summed E-state index contributed by atoms with van der Waals surface area (Å²) in [6.45, 7) is 2.25. The summed E-state index contributed by atoms with van der Waals surface area (Å²) in [7, 11) is 2.95. The third kappa shape index (κ3) is 4.91. The van der Waals surface area contributed by atoms with Crippen LogP contribution in [0.25, 0.3) is 0 Å². The maximum atomic E-state index is 12.7. The number of thiophene rings is 1. The Labute approximate surface area is 172 Å². The van der Waals surface area contributed by atoms with Gasteiger partial charge < -0.3 is 20.1 Å². The maximum absolute atomic E-state index is 12.7. The Hall–Kier alpha value is -3.39. The molecule has 0 aliphatic rings. The molecule has 0 saturated heterocycles. The molecule has 0 aliphatic carbocycles. The highest BCUT2D eigenvalue weighted by molar-refractivity contribution is 7.08. The van der Waals surface area contributed by atoms with Crippen molar-refractivity contribution in [3.05, 3.63) is 69.7 Å². The summed E-state index contributed by atoms with van der Waals surface area (Å²) in [5.41, 5.74) is 3.04. The van der Waals surface area contributed by atoms with Gasteiger partial charge in [0.1, 0.15) is 0 Å². The molecule has 3 aromatic rings. The van der Waals surface area contributed by atoms with E-state index >= 15 is 0 Å². The van der Waals surface area contributed by atoms with Gasteiger partial charge in [0.15, 0.2) is 11.5 Å². The van der Waals surface area contributed by atoms with Crippen molar-refractivity contribution in [2.45, 2.75) is 13.5 Å². The first-order valence-corrected chi connectivity index (χ1v) is 9.75. The van der Waals surface area contributed by atoms with Crippen LogP contribution < -0.4 is 20.1 Å². The quantitative estimate of drug-likeness (QED) is 0.619. The number of carbonyl (C=O) groups excluding carboxylic acids is 2. The summed E-state index contributed by atoms with van der Waals surface area (Å²) >= 11 is 1.42. The Bertz CT molecular complexity index is 1020. The van der Waals surface area contributed by atoms with Gasteiger partial charge in [-0.3, -0.25) is 14.6 Å². The van der Waals surface area contributed by atoms with Crippen molar-refractivity contribution >= 4 is 28.8 Å². The molecule has 0 aliphatic heterocycles. The molecule has 29 heavy (non-hydrogen) atoms. The number of aryl methyl sites for hydroxylation is 1. The largest absolute Gasteiger partial charge is 0.493 e. The molecule has 150 valence electrons. The van der Waals surface area contributed by atoms with E-state index in [1.165, 1.54) is 25.6 Å². The van der Waals surface area contributed by atoms with Gasteiger partial charge in [-0.15, -0.1) is 0 Å². The van der Waals surface area contributed by atoms with Gasteiger partial charge >= 0.3 is 0 Å². The first kappa shape index (κ1) is 20.3. The number of pyridine rings is 1. The number of carbonyl (C=O) groups is 2. The van der Waals surface area contributed by atoms with Crippen LogP contribution in [0.15, 0.2) is 47.3 Å². The van der Waals surface area contributed by atoms with Crippen LogP contribution in [-0.2, 0) is 6.54 Å². The molecular weight excluding hydrogens is 390 g/mol. The number of amides is 2. The summed E-state index contributed by atoms with van der Waals surface area (Å²) in [6.07, 6.45) is 1.70. The molecule has 2 amide bonds. The Balaban J connectivity index is 1.84. The van der Waals surface area contributed by atoms with E-state index in [0.29, 0.717) is 34.9 Å². The number of methoxy groups -OCH3 is 2. The van der Waals surface area contributed by atoms with E-state index in [4.69, 9.17) is 9.47 Å². The van der Waals surface area contributed by atoms with E-state index < -0.39 is 0 Å². The van der Waals surface area contributed by atoms with E-state index in [2.05, 4.69) is 15.6 Å². The van der Waals surface area contributed by atoms with Crippen molar-refractivity contribution in [1.29, 1.82) is 0 Å². The number of benzene rings is 1. The standard InChI is InChI=1S/C21H21N3O4S/c1-13-8-14(4-6-22-13)11-23-20(25)16-9-17(19(28-3)18(10-16)27-2)24-21(26)15-5-7-29-12-15/h4-10,12H,11H2,1-3H3,(H,23,25)(H,24,26). The summed E-state index contributed by atoms with van der Waals surface area (Å²) in [4.78, 5) is 29.3. The topological polar surface area (TPSA) is 89.5 Å². The first-order chi connectivity index (χ1) is 14.0. The molecule has 0 unspecified atom stereocenters. The highest BCUT2D eigenvalue weighted by Crippen LogP contribution is 2.37. The average Bonchev–Trinajstić information content (AvgIpc) is 3.26. The third-order valence-corrected chi connectivity index (χ3v) is 4.87. The number of hydrogen-bond acceptors (Lipinski definition) is 6. The number of aromatic nitrogens is 1. The summed E-state index contributed by atoms with van der Waals surface area (Å²) < 4.78 is 10.7. The minimum absolute atomic E-state index is 0.295.